The van der Waals surface area contributed by atoms with Gasteiger partial charge in [0.25, 0.3) is 0 Å². The number of hydrogen-bond donors (Lipinski definition) is 7. The number of aliphatic imine (C=N–C) groups is 2. The smallest absolute Gasteiger partial charge is 0.215 e. The van der Waals surface area contributed by atoms with Crippen LogP contribution in [-0.2, 0) is 0 Å². The maximum Gasteiger partial charge on any atom is 0.215 e. The SMILES string of the molecule is CCCCCCCCCCCCCCCCCCN=C(N)NC(=N)N.CN(C)C(N)=NC(=N)N. The topological polar surface area (TPSA) is 192 Å². The molecule has 0 radical (unpaired) electrons. The van der Waals surface area contributed by atoms with E-state index in [1.807, 2.05) is 0 Å². The molecular formula is C24H54N10. The van der Waals surface area contributed by atoms with Crippen LogP contribution in [0.15, 0.2) is 9.98 Å². The van der Waals surface area contributed by atoms with Crippen LogP contribution >= 0.6 is 0 Å². The van der Waals surface area contributed by atoms with Gasteiger partial charge in [0.05, 0.1) is 0 Å². The minimum absolute atomic E-state index is 0.159. The van der Waals surface area contributed by atoms with Gasteiger partial charge in [-0.25, -0.2) is 0 Å². The van der Waals surface area contributed by atoms with Crippen molar-refractivity contribution in [3.63, 3.8) is 0 Å². The summed E-state index contributed by atoms with van der Waals surface area (Å²) in [5.74, 6) is 0.0467. The molecule has 0 saturated heterocycles. The molecule has 10 nitrogen and oxygen atoms in total. The molecule has 0 aliphatic heterocycles. The zero-order valence-corrected chi connectivity index (χ0v) is 22.2. The molecule has 0 bridgehead atoms. The first kappa shape index (κ1) is 33.7. The number of unbranched alkanes of at least 4 members (excludes halogenated alkanes) is 15. The van der Waals surface area contributed by atoms with Crippen molar-refractivity contribution in [2.24, 2.45) is 32.9 Å². The van der Waals surface area contributed by atoms with E-state index >= 15 is 0 Å². The number of nitrogens with one attached hydrogen (secondary N) is 3. The first-order chi connectivity index (χ1) is 16.2. The van der Waals surface area contributed by atoms with Gasteiger partial charge in [-0.15, -0.1) is 0 Å². The van der Waals surface area contributed by atoms with Gasteiger partial charge in [-0.1, -0.05) is 103 Å². The van der Waals surface area contributed by atoms with Crippen molar-refractivity contribution in [2.75, 3.05) is 20.6 Å². The van der Waals surface area contributed by atoms with Crippen molar-refractivity contribution in [1.29, 1.82) is 10.8 Å². The van der Waals surface area contributed by atoms with Crippen LogP contribution in [0.2, 0.25) is 0 Å². The highest BCUT2D eigenvalue weighted by molar-refractivity contribution is 5.95. The lowest BCUT2D eigenvalue weighted by Crippen LogP contribution is -2.40. The maximum absolute atomic E-state index is 7.04. The van der Waals surface area contributed by atoms with Crippen molar-refractivity contribution in [1.82, 2.24) is 10.2 Å². The summed E-state index contributed by atoms with van der Waals surface area (Å²) in [4.78, 5) is 9.16. The van der Waals surface area contributed by atoms with Gasteiger partial charge in [-0.2, -0.15) is 4.99 Å². The summed E-state index contributed by atoms with van der Waals surface area (Å²) in [6, 6.07) is 0. The Bertz CT molecular complexity index is 558. The molecule has 0 spiro atoms. The van der Waals surface area contributed by atoms with E-state index in [0.29, 0.717) is 6.54 Å². The molecule has 0 aromatic carbocycles. The van der Waals surface area contributed by atoms with Crippen molar-refractivity contribution in [2.45, 2.75) is 110 Å². The largest absolute Gasteiger partial charge is 0.370 e. The van der Waals surface area contributed by atoms with E-state index in [9.17, 15) is 0 Å². The Kier molecular flexibility index (Phi) is 24.9. The highest BCUT2D eigenvalue weighted by atomic mass is 15.2. The summed E-state index contributed by atoms with van der Waals surface area (Å²) < 4.78 is 0. The number of nitrogens with zero attached hydrogens (tertiary/aromatic N) is 3. The van der Waals surface area contributed by atoms with Gasteiger partial charge >= 0.3 is 0 Å². The van der Waals surface area contributed by atoms with Gasteiger partial charge in [0, 0.05) is 20.6 Å². The summed E-state index contributed by atoms with van der Waals surface area (Å²) in [5, 5.41) is 16.2. The molecule has 0 unspecified atom stereocenters. The molecular weight excluding hydrogens is 428 g/mol. The average Bonchev–Trinajstić information content (AvgIpc) is 2.75. The molecule has 0 aliphatic rings. The first-order valence-electron chi connectivity index (χ1n) is 13.0. The highest BCUT2D eigenvalue weighted by Gasteiger charge is 1.96. The summed E-state index contributed by atoms with van der Waals surface area (Å²) in [6.45, 7) is 2.99. The van der Waals surface area contributed by atoms with Crippen molar-refractivity contribution in [3.05, 3.63) is 0 Å². The third-order valence-electron chi connectivity index (χ3n) is 5.25. The van der Waals surface area contributed by atoms with Crippen LogP contribution in [0.3, 0.4) is 0 Å². The summed E-state index contributed by atoms with van der Waals surface area (Å²) in [5.41, 5.74) is 20.9. The maximum atomic E-state index is 7.04. The third kappa shape index (κ3) is 29.5. The number of rotatable bonds is 17. The third-order valence-corrected chi connectivity index (χ3v) is 5.25. The standard InChI is InChI=1S/C20H43N5.C4H11N5/c1-2-3-4-5-6-7-8-9-10-11-12-13-14-15-16-17-18-24-20(23)25-19(21)22;1-9(2)4(7)8-3(5)6/h2-18H2,1H3,(H6,21,22,23,24,25);1-2H3,(H5,5,6,7,8). The zero-order chi connectivity index (χ0) is 26.0. The van der Waals surface area contributed by atoms with Gasteiger partial charge < -0.3 is 27.8 Å². The molecule has 11 N–H and O–H groups in total. The van der Waals surface area contributed by atoms with Crippen LogP contribution < -0.4 is 28.3 Å². The first-order valence-corrected chi connectivity index (χ1v) is 13.0. The second kappa shape index (κ2) is 25.1. The Labute approximate surface area is 208 Å². The van der Waals surface area contributed by atoms with Crippen LogP contribution in [0.4, 0.5) is 0 Å². The molecule has 0 rings (SSSR count). The number of hydrogen-bond acceptors (Lipinski definition) is 3. The van der Waals surface area contributed by atoms with E-state index in [1.54, 1.807) is 19.0 Å². The van der Waals surface area contributed by atoms with E-state index in [-0.39, 0.29) is 23.8 Å². The van der Waals surface area contributed by atoms with Crippen LogP contribution in [-0.4, -0.2) is 49.4 Å². The quantitative estimate of drug-likeness (QED) is 0.0935. The van der Waals surface area contributed by atoms with E-state index in [0.717, 1.165) is 6.42 Å². The second-order valence-corrected chi connectivity index (χ2v) is 8.86. The molecule has 0 atom stereocenters. The van der Waals surface area contributed by atoms with E-state index < -0.39 is 0 Å². The molecule has 0 amide bonds. The number of nitrogens with two attached hydrogens (primary N) is 4. The Morgan fingerprint density at radius 2 is 1.06 bits per heavy atom. The van der Waals surface area contributed by atoms with Gasteiger partial charge in [-0.05, 0) is 6.42 Å². The number of guanidine groups is 4. The van der Waals surface area contributed by atoms with E-state index in [4.69, 9.17) is 33.8 Å². The molecule has 34 heavy (non-hydrogen) atoms. The Morgan fingerprint density at radius 1 is 0.676 bits per heavy atom. The molecule has 0 aromatic rings. The van der Waals surface area contributed by atoms with Crippen LogP contribution in [0.25, 0.3) is 0 Å². The zero-order valence-electron chi connectivity index (χ0n) is 22.2. The molecule has 0 heterocycles. The van der Waals surface area contributed by atoms with Crippen LogP contribution in [0, 0.1) is 10.8 Å². The average molecular weight is 483 g/mol. The van der Waals surface area contributed by atoms with Crippen molar-refractivity contribution >= 4 is 23.8 Å². The van der Waals surface area contributed by atoms with Gasteiger partial charge in [0.2, 0.25) is 5.96 Å². The second-order valence-electron chi connectivity index (χ2n) is 8.86. The summed E-state index contributed by atoms with van der Waals surface area (Å²) >= 11 is 0. The predicted molar refractivity (Wildman–Crippen MR) is 148 cm³/mol. The monoisotopic (exact) mass is 482 g/mol. The fraction of sp³-hybridized carbons (Fsp3) is 0.833. The van der Waals surface area contributed by atoms with E-state index in [1.165, 1.54) is 96.3 Å². The Morgan fingerprint density at radius 3 is 1.35 bits per heavy atom. The lowest BCUT2D eigenvalue weighted by atomic mass is 10.0. The van der Waals surface area contributed by atoms with Crippen LogP contribution in [0.5, 0.6) is 0 Å². The molecule has 10 heteroatoms. The van der Waals surface area contributed by atoms with Crippen molar-refractivity contribution < 1.29 is 0 Å². The molecule has 0 saturated carbocycles. The lowest BCUT2D eigenvalue weighted by molar-refractivity contribution is 0.530. The Hall–Kier alpha value is -2.52. The Balaban J connectivity index is 0. The highest BCUT2D eigenvalue weighted by Crippen LogP contribution is 2.13. The lowest BCUT2D eigenvalue weighted by Gasteiger charge is -2.08. The molecule has 200 valence electrons. The minimum atomic E-state index is -0.277. The normalized spacial score (nSPS) is 11.5. The molecule has 0 aromatic heterocycles. The summed E-state index contributed by atoms with van der Waals surface area (Å²) in [6.07, 6.45) is 21.9. The molecule has 0 aliphatic carbocycles. The van der Waals surface area contributed by atoms with Crippen LogP contribution in [0.1, 0.15) is 110 Å². The fourth-order valence-electron chi connectivity index (χ4n) is 3.26. The minimum Gasteiger partial charge on any atom is -0.370 e. The van der Waals surface area contributed by atoms with E-state index in [2.05, 4.69) is 22.2 Å². The molecule has 0 fully saturated rings. The van der Waals surface area contributed by atoms with Gasteiger partial charge in [0.1, 0.15) is 0 Å². The van der Waals surface area contributed by atoms with Crippen molar-refractivity contribution in [3.8, 4) is 0 Å². The fourth-order valence-corrected chi connectivity index (χ4v) is 3.26. The van der Waals surface area contributed by atoms with Gasteiger partial charge in [-0.3, -0.25) is 21.1 Å². The van der Waals surface area contributed by atoms with Gasteiger partial charge in [0.15, 0.2) is 17.9 Å². The summed E-state index contributed by atoms with van der Waals surface area (Å²) in [7, 11) is 3.45. The predicted octanol–water partition coefficient (Wildman–Crippen LogP) is 3.80.